The fourth-order valence-electron chi connectivity index (χ4n) is 1.84. The molecule has 0 atom stereocenters. The molecule has 0 aliphatic carbocycles. The topological polar surface area (TPSA) is 70.1 Å². The Morgan fingerprint density at radius 1 is 1.38 bits per heavy atom. The highest BCUT2D eigenvalue weighted by Gasteiger charge is 2.01. The molecule has 1 heterocycles. The van der Waals surface area contributed by atoms with E-state index in [9.17, 15) is 9.18 Å². The van der Waals surface area contributed by atoms with Gasteiger partial charge in [-0.05, 0) is 31.0 Å². The van der Waals surface area contributed by atoms with E-state index in [1.165, 1.54) is 18.2 Å². The summed E-state index contributed by atoms with van der Waals surface area (Å²) in [5, 5.41) is 4.15. The van der Waals surface area contributed by atoms with Gasteiger partial charge in [0.1, 0.15) is 5.82 Å². The zero-order chi connectivity index (χ0) is 15.2. The van der Waals surface area contributed by atoms with E-state index in [1.807, 2.05) is 6.92 Å². The molecule has 0 bridgehead atoms. The smallest absolute Gasteiger partial charge is 0.252 e. The van der Waals surface area contributed by atoms with Crippen LogP contribution in [0.15, 0.2) is 40.2 Å². The molecule has 21 heavy (non-hydrogen) atoms. The third-order valence-electron chi connectivity index (χ3n) is 2.89. The summed E-state index contributed by atoms with van der Waals surface area (Å²) in [5.74, 6) is 0.00480. The average molecular weight is 288 g/mol. The van der Waals surface area contributed by atoms with Gasteiger partial charge >= 0.3 is 0 Å². The van der Waals surface area contributed by atoms with Gasteiger partial charge in [0.25, 0.3) is 5.56 Å². The van der Waals surface area contributed by atoms with Crippen molar-refractivity contribution < 1.29 is 4.39 Å². The first-order chi connectivity index (χ1) is 10.1. The van der Waals surface area contributed by atoms with Crippen molar-refractivity contribution >= 4 is 11.7 Å². The highest BCUT2D eigenvalue weighted by atomic mass is 19.1. The molecule has 0 spiro atoms. The number of hydrogen-bond acceptors (Lipinski definition) is 4. The second-order valence-corrected chi connectivity index (χ2v) is 4.65. The Morgan fingerprint density at radius 2 is 2.10 bits per heavy atom. The Balaban J connectivity index is 2.16. The number of aromatic amines is 1. The SMILES string of the molecule is CCCc1cc(=O)[nH]c(N/N=C(/C)c2ccc(F)cc2)n1. The summed E-state index contributed by atoms with van der Waals surface area (Å²) in [4.78, 5) is 18.4. The molecule has 0 saturated carbocycles. The Morgan fingerprint density at radius 3 is 2.76 bits per heavy atom. The summed E-state index contributed by atoms with van der Waals surface area (Å²) in [6, 6.07) is 7.50. The fourth-order valence-corrected chi connectivity index (χ4v) is 1.84. The van der Waals surface area contributed by atoms with E-state index in [4.69, 9.17) is 0 Å². The molecule has 2 aromatic rings. The van der Waals surface area contributed by atoms with E-state index >= 15 is 0 Å². The van der Waals surface area contributed by atoms with E-state index < -0.39 is 0 Å². The van der Waals surface area contributed by atoms with Crippen LogP contribution in [0.2, 0.25) is 0 Å². The van der Waals surface area contributed by atoms with Crippen molar-refractivity contribution in [1.29, 1.82) is 0 Å². The Labute approximate surface area is 121 Å². The van der Waals surface area contributed by atoms with Gasteiger partial charge in [-0.15, -0.1) is 0 Å². The first kappa shape index (κ1) is 14.9. The van der Waals surface area contributed by atoms with Crippen LogP contribution in [-0.2, 0) is 6.42 Å². The normalized spacial score (nSPS) is 11.5. The quantitative estimate of drug-likeness (QED) is 0.656. The van der Waals surface area contributed by atoms with E-state index in [2.05, 4.69) is 20.5 Å². The van der Waals surface area contributed by atoms with Crippen LogP contribution in [0.25, 0.3) is 0 Å². The summed E-state index contributed by atoms with van der Waals surface area (Å²) in [7, 11) is 0. The third kappa shape index (κ3) is 4.24. The van der Waals surface area contributed by atoms with Gasteiger partial charge in [0.2, 0.25) is 5.95 Å². The van der Waals surface area contributed by atoms with Crippen molar-refractivity contribution in [2.45, 2.75) is 26.7 Å². The highest BCUT2D eigenvalue weighted by molar-refractivity contribution is 5.98. The standard InChI is InChI=1S/C15H17FN4O/c1-3-4-13-9-14(21)18-15(17-13)20-19-10(2)11-5-7-12(16)8-6-11/h5-9H,3-4H2,1-2H3,(H2,17,18,20,21)/b19-10-. The monoisotopic (exact) mass is 288 g/mol. The summed E-state index contributed by atoms with van der Waals surface area (Å²) in [6.07, 6.45) is 1.65. The first-order valence-corrected chi connectivity index (χ1v) is 6.75. The lowest BCUT2D eigenvalue weighted by molar-refractivity contribution is 0.628. The van der Waals surface area contributed by atoms with Crippen LogP contribution in [0.5, 0.6) is 0 Å². The molecular weight excluding hydrogens is 271 g/mol. The minimum atomic E-state index is -0.294. The van der Waals surface area contributed by atoms with Gasteiger partial charge in [-0.25, -0.2) is 14.8 Å². The number of hydrazone groups is 1. The van der Waals surface area contributed by atoms with Crippen LogP contribution in [0.1, 0.15) is 31.5 Å². The number of benzene rings is 1. The minimum absolute atomic E-state index is 0.217. The molecule has 0 fully saturated rings. The summed E-state index contributed by atoms with van der Waals surface area (Å²) >= 11 is 0. The van der Waals surface area contributed by atoms with E-state index in [0.717, 1.165) is 24.1 Å². The van der Waals surface area contributed by atoms with Crippen LogP contribution in [0.3, 0.4) is 0 Å². The molecule has 0 saturated heterocycles. The summed E-state index contributed by atoms with van der Waals surface area (Å²) < 4.78 is 12.9. The highest BCUT2D eigenvalue weighted by Crippen LogP contribution is 2.05. The molecule has 0 aliphatic rings. The molecule has 1 aromatic carbocycles. The fraction of sp³-hybridized carbons (Fsp3) is 0.267. The van der Waals surface area contributed by atoms with Crippen LogP contribution in [0, 0.1) is 5.82 Å². The van der Waals surface area contributed by atoms with Crippen molar-refractivity contribution in [3.63, 3.8) is 0 Å². The molecule has 5 nitrogen and oxygen atoms in total. The van der Waals surface area contributed by atoms with Crippen LogP contribution in [0.4, 0.5) is 10.3 Å². The summed E-state index contributed by atoms with van der Waals surface area (Å²) in [5.41, 5.74) is 4.68. The van der Waals surface area contributed by atoms with Crippen molar-refractivity contribution in [2.75, 3.05) is 5.43 Å². The van der Waals surface area contributed by atoms with Gasteiger partial charge in [-0.3, -0.25) is 9.78 Å². The zero-order valence-electron chi connectivity index (χ0n) is 12.0. The largest absolute Gasteiger partial charge is 0.291 e. The lowest BCUT2D eigenvalue weighted by Crippen LogP contribution is -2.12. The Hall–Kier alpha value is -2.50. The molecule has 1 aromatic heterocycles. The molecule has 0 radical (unpaired) electrons. The molecular formula is C15H17FN4O. The zero-order valence-corrected chi connectivity index (χ0v) is 12.0. The summed E-state index contributed by atoms with van der Waals surface area (Å²) in [6.45, 7) is 3.81. The number of nitrogens with one attached hydrogen (secondary N) is 2. The number of aromatic nitrogens is 2. The second kappa shape index (κ2) is 6.78. The molecule has 2 rings (SSSR count). The van der Waals surface area contributed by atoms with Crippen LogP contribution < -0.4 is 11.0 Å². The molecule has 0 amide bonds. The van der Waals surface area contributed by atoms with Crippen LogP contribution in [-0.4, -0.2) is 15.7 Å². The average Bonchev–Trinajstić information content (AvgIpc) is 2.45. The maximum Gasteiger partial charge on any atom is 0.252 e. The molecule has 6 heteroatoms. The molecule has 2 N–H and O–H groups in total. The Bertz CT molecular complexity index is 692. The molecule has 0 unspecified atom stereocenters. The van der Waals surface area contributed by atoms with Crippen molar-refractivity contribution in [3.05, 3.63) is 57.8 Å². The van der Waals surface area contributed by atoms with E-state index in [0.29, 0.717) is 11.7 Å². The first-order valence-electron chi connectivity index (χ1n) is 6.75. The predicted octanol–water partition coefficient (Wildman–Crippen LogP) is 2.70. The number of halogens is 1. The maximum atomic E-state index is 12.9. The third-order valence-corrected chi connectivity index (χ3v) is 2.89. The van der Waals surface area contributed by atoms with Gasteiger partial charge in [0, 0.05) is 11.8 Å². The van der Waals surface area contributed by atoms with Gasteiger partial charge in [-0.2, -0.15) is 5.10 Å². The molecule has 0 aliphatic heterocycles. The molecule has 110 valence electrons. The minimum Gasteiger partial charge on any atom is -0.291 e. The van der Waals surface area contributed by atoms with E-state index in [-0.39, 0.29) is 11.4 Å². The second-order valence-electron chi connectivity index (χ2n) is 4.65. The van der Waals surface area contributed by atoms with Crippen molar-refractivity contribution in [2.24, 2.45) is 5.10 Å². The van der Waals surface area contributed by atoms with Crippen LogP contribution >= 0.6 is 0 Å². The number of nitrogens with zero attached hydrogens (tertiary/aromatic N) is 2. The maximum absolute atomic E-state index is 12.9. The van der Waals surface area contributed by atoms with E-state index in [1.54, 1.807) is 19.1 Å². The predicted molar refractivity (Wildman–Crippen MR) is 81.1 cm³/mol. The van der Waals surface area contributed by atoms with Gasteiger partial charge in [0.15, 0.2) is 0 Å². The lowest BCUT2D eigenvalue weighted by atomic mass is 10.1. The Kier molecular flexibility index (Phi) is 4.81. The van der Waals surface area contributed by atoms with Gasteiger partial charge in [0.05, 0.1) is 5.71 Å². The number of anilines is 1. The van der Waals surface area contributed by atoms with Gasteiger partial charge in [-0.1, -0.05) is 25.5 Å². The lowest BCUT2D eigenvalue weighted by Gasteiger charge is -2.04. The van der Waals surface area contributed by atoms with Crippen molar-refractivity contribution in [3.8, 4) is 0 Å². The van der Waals surface area contributed by atoms with Crippen molar-refractivity contribution in [1.82, 2.24) is 9.97 Å². The number of H-pyrrole nitrogens is 1. The number of rotatable bonds is 5. The number of aryl methyl sites for hydroxylation is 1. The number of hydrogen-bond donors (Lipinski definition) is 2. The van der Waals surface area contributed by atoms with Gasteiger partial charge < -0.3 is 0 Å².